The Morgan fingerprint density at radius 3 is 2.68 bits per heavy atom. The number of hydrogen-bond acceptors (Lipinski definition) is 7. The van der Waals surface area contributed by atoms with Crippen LogP contribution in [0, 0.1) is 0 Å². The van der Waals surface area contributed by atoms with Crippen LogP contribution < -0.4 is 5.56 Å². The normalized spacial score (nSPS) is 11.6. The van der Waals surface area contributed by atoms with Gasteiger partial charge in [0.15, 0.2) is 0 Å². The number of aromatic nitrogens is 2. The first-order valence-electron chi connectivity index (χ1n) is 7.10. The second kappa shape index (κ2) is 7.80. The van der Waals surface area contributed by atoms with E-state index >= 15 is 0 Å². The molecule has 2 heterocycles. The number of aromatic amines is 1. The van der Waals surface area contributed by atoms with Crippen molar-refractivity contribution in [1.29, 1.82) is 0 Å². The summed E-state index contributed by atoms with van der Waals surface area (Å²) in [7, 11) is 2.33. The fourth-order valence-corrected chi connectivity index (χ4v) is 2.65. The van der Waals surface area contributed by atoms with Gasteiger partial charge in [0.05, 0.1) is 26.2 Å². The summed E-state index contributed by atoms with van der Waals surface area (Å²) in [5.41, 5.74) is -0.800. The molecule has 0 unspecified atom stereocenters. The fraction of sp³-hybridized carbons (Fsp3) is 0.250. The van der Waals surface area contributed by atoms with Crippen LogP contribution in [0.15, 0.2) is 29.3 Å². The van der Waals surface area contributed by atoms with Gasteiger partial charge in [-0.15, -0.1) is 0 Å². The molecule has 25 heavy (non-hydrogen) atoms. The van der Waals surface area contributed by atoms with Gasteiger partial charge in [0, 0.05) is 18.3 Å². The maximum Gasteiger partial charge on any atom is 0.343 e. The largest absolute Gasteiger partial charge is 0.506 e. The minimum atomic E-state index is -0.970. The molecular formula is C16H15ClN2O6. The fourth-order valence-electron chi connectivity index (χ4n) is 2.40. The number of halogens is 1. The summed E-state index contributed by atoms with van der Waals surface area (Å²) >= 11 is 6.08. The van der Waals surface area contributed by atoms with Gasteiger partial charge >= 0.3 is 11.9 Å². The lowest BCUT2D eigenvalue weighted by Gasteiger charge is -2.18. The van der Waals surface area contributed by atoms with Crippen molar-refractivity contribution in [3.05, 3.63) is 56.7 Å². The maximum atomic E-state index is 12.3. The van der Waals surface area contributed by atoms with E-state index in [-0.39, 0.29) is 22.7 Å². The molecule has 0 aliphatic heterocycles. The molecule has 0 aliphatic carbocycles. The molecule has 0 radical (unpaired) electrons. The van der Waals surface area contributed by atoms with Gasteiger partial charge in [-0.2, -0.15) is 0 Å². The molecule has 0 aromatic carbocycles. The number of ether oxygens (including phenoxy) is 2. The Kier molecular flexibility index (Phi) is 5.76. The number of nitrogens with one attached hydrogen (secondary N) is 1. The third-order valence-corrected chi connectivity index (χ3v) is 3.93. The lowest BCUT2D eigenvalue weighted by atomic mass is 9.88. The Morgan fingerprint density at radius 1 is 1.36 bits per heavy atom. The molecule has 2 aromatic heterocycles. The van der Waals surface area contributed by atoms with Crippen LogP contribution in [0.2, 0.25) is 5.15 Å². The highest BCUT2D eigenvalue weighted by Crippen LogP contribution is 2.36. The number of carbonyl (C=O) groups excluding carboxylic acids is 2. The van der Waals surface area contributed by atoms with Gasteiger partial charge in [0.2, 0.25) is 0 Å². The van der Waals surface area contributed by atoms with Crippen molar-refractivity contribution in [3.63, 3.8) is 0 Å². The van der Waals surface area contributed by atoms with Crippen LogP contribution in [0.3, 0.4) is 0 Å². The molecule has 0 aliphatic rings. The van der Waals surface area contributed by atoms with Gasteiger partial charge in [-0.05, 0) is 11.6 Å². The van der Waals surface area contributed by atoms with Gasteiger partial charge in [0.25, 0.3) is 5.56 Å². The molecule has 9 heteroatoms. The van der Waals surface area contributed by atoms with Crippen molar-refractivity contribution in [1.82, 2.24) is 9.97 Å². The van der Waals surface area contributed by atoms with Crippen LogP contribution >= 0.6 is 11.6 Å². The molecule has 0 saturated carbocycles. The van der Waals surface area contributed by atoms with E-state index in [9.17, 15) is 19.5 Å². The summed E-state index contributed by atoms with van der Waals surface area (Å²) in [6.45, 7) is 0. The Morgan fingerprint density at radius 2 is 2.08 bits per heavy atom. The first-order valence-corrected chi connectivity index (χ1v) is 7.48. The quantitative estimate of drug-likeness (QED) is 0.609. The standard InChI is InChI=1S/C16H15ClN2O6/c1-24-11(20)6-9(8-4-3-5-18-14(8)17)12-13(21)10(16(23)25-2)7-19-15(12)22/h3-5,7,9H,6H2,1-2H3,(H2,19,21,22)/t9-/m0/s1. The first kappa shape index (κ1) is 18.5. The molecule has 0 bridgehead atoms. The number of esters is 2. The topological polar surface area (TPSA) is 119 Å². The van der Waals surface area contributed by atoms with Crippen LogP contribution in [0.4, 0.5) is 0 Å². The van der Waals surface area contributed by atoms with E-state index in [2.05, 4.69) is 19.4 Å². The first-order chi connectivity index (χ1) is 11.9. The van der Waals surface area contributed by atoms with E-state index in [1.54, 1.807) is 12.1 Å². The Balaban J connectivity index is 2.70. The lowest BCUT2D eigenvalue weighted by Crippen LogP contribution is -2.22. The van der Waals surface area contributed by atoms with Crippen molar-refractivity contribution in [2.75, 3.05) is 14.2 Å². The van der Waals surface area contributed by atoms with Crippen LogP contribution in [0.1, 0.15) is 33.8 Å². The Labute approximate surface area is 147 Å². The van der Waals surface area contributed by atoms with Gasteiger partial charge < -0.3 is 19.6 Å². The van der Waals surface area contributed by atoms with Gasteiger partial charge in [-0.1, -0.05) is 17.7 Å². The summed E-state index contributed by atoms with van der Waals surface area (Å²) in [5.74, 6) is -3.04. The van der Waals surface area contributed by atoms with Crippen molar-refractivity contribution in [2.45, 2.75) is 12.3 Å². The predicted octanol–water partition coefficient (Wildman–Crippen LogP) is 1.61. The zero-order chi connectivity index (χ0) is 18.6. The predicted molar refractivity (Wildman–Crippen MR) is 87.8 cm³/mol. The van der Waals surface area contributed by atoms with Crippen LogP contribution in [-0.2, 0) is 14.3 Å². The summed E-state index contributed by atoms with van der Waals surface area (Å²) in [5, 5.41) is 10.5. The number of aromatic hydroxyl groups is 1. The van der Waals surface area contributed by atoms with E-state index in [4.69, 9.17) is 11.6 Å². The highest BCUT2D eigenvalue weighted by atomic mass is 35.5. The zero-order valence-corrected chi connectivity index (χ0v) is 14.2. The van der Waals surface area contributed by atoms with Gasteiger partial charge in [-0.25, -0.2) is 9.78 Å². The number of carbonyl (C=O) groups is 2. The van der Waals surface area contributed by atoms with E-state index in [0.717, 1.165) is 13.3 Å². The minimum Gasteiger partial charge on any atom is -0.506 e. The number of H-pyrrole nitrogens is 1. The van der Waals surface area contributed by atoms with Crippen molar-refractivity contribution < 1.29 is 24.2 Å². The van der Waals surface area contributed by atoms with Crippen LogP contribution in [0.25, 0.3) is 0 Å². The smallest absolute Gasteiger partial charge is 0.343 e. The molecule has 1 atom stereocenters. The third kappa shape index (κ3) is 3.80. The molecule has 8 nitrogen and oxygen atoms in total. The van der Waals surface area contributed by atoms with E-state index in [0.29, 0.717) is 5.56 Å². The summed E-state index contributed by atoms with van der Waals surface area (Å²) in [6, 6.07) is 3.13. The number of methoxy groups -OCH3 is 2. The molecule has 0 saturated heterocycles. The van der Waals surface area contributed by atoms with Crippen molar-refractivity contribution >= 4 is 23.5 Å². The molecule has 0 fully saturated rings. The van der Waals surface area contributed by atoms with E-state index < -0.39 is 29.2 Å². The number of nitrogens with zero attached hydrogens (tertiary/aromatic N) is 1. The maximum absolute atomic E-state index is 12.3. The number of hydrogen-bond donors (Lipinski definition) is 2. The Bertz CT molecular complexity index is 864. The molecule has 2 aromatic rings. The average Bonchev–Trinajstić information content (AvgIpc) is 2.60. The lowest BCUT2D eigenvalue weighted by molar-refractivity contribution is -0.140. The third-order valence-electron chi connectivity index (χ3n) is 3.62. The van der Waals surface area contributed by atoms with Crippen LogP contribution in [-0.4, -0.2) is 41.2 Å². The summed E-state index contributed by atoms with van der Waals surface area (Å²) < 4.78 is 9.23. The monoisotopic (exact) mass is 366 g/mol. The minimum absolute atomic E-state index is 0.0543. The van der Waals surface area contributed by atoms with E-state index in [1.807, 2.05) is 0 Å². The van der Waals surface area contributed by atoms with E-state index in [1.165, 1.54) is 13.3 Å². The molecule has 132 valence electrons. The summed E-state index contributed by atoms with van der Waals surface area (Å²) in [4.78, 5) is 42.2. The number of pyridine rings is 2. The second-order valence-corrected chi connectivity index (χ2v) is 5.36. The highest BCUT2D eigenvalue weighted by Gasteiger charge is 2.29. The van der Waals surface area contributed by atoms with Crippen molar-refractivity contribution in [2.24, 2.45) is 0 Å². The molecule has 0 amide bonds. The highest BCUT2D eigenvalue weighted by molar-refractivity contribution is 6.30. The molecule has 0 spiro atoms. The molecule has 2 N–H and O–H groups in total. The van der Waals surface area contributed by atoms with Gasteiger partial charge in [0.1, 0.15) is 16.5 Å². The molecule has 2 rings (SSSR count). The Hall–Kier alpha value is -2.87. The molecular weight excluding hydrogens is 352 g/mol. The average molecular weight is 367 g/mol. The number of rotatable bonds is 5. The summed E-state index contributed by atoms with van der Waals surface area (Å²) in [6.07, 6.45) is 2.19. The van der Waals surface area contributed by atoms with Crippen LogP contribution in [0.5, 0.6) is 5.75 Å². The zero-order valence-electron chi connectivity index (χ0n) is 13.4. The SMILES string of the molecule is COC(=O)C[C@@H](c1cccnc1Cl)c1c(O)c(C(=O)OC)c[nH]c1=O. The second-order valence-electron chi connectivity index (χ2n) is 5.00. The van der Waals surface area contributed by atoms with Gasteiger partial charge in [-0.3, -0.25) is 9.59 Å². The van der Waals surface area contributed by atoms with Crippen molar-refractivity contribution in [3.8, 4) is 5.75 Å².